The molecule has 0 aromatic carbocycles. The minimum absolute atomic E-state index is 0. The van der Waals surface area contributed by atoms with Gasteiger partial charge in [-0.2, -0.15) is 0 Å². The molecule has 6 nitrogen and oxygen atoms in total. The molecule has 2 aromatic rings. The van der Waals surface area contributed by atoms with Crippen molar-refractivity contribution in [3.63, 3.8) is 0 Å². The topological polar surface area (TPSA) is 68.3 Å². The van der Waals surface area contributed by atoms with E-state index in [2.05, 4.69) is 63.5 Å². The van der Waals surface area contributed by atoms with Gasteiger partial charge in [-0.05, 0) is 43.9 Å². The zero-order valence-electron chi connectivity index (χ0n) is 16.1. The Morgan fingerprint density at radius 3 is 2.92 bits per heavy atom. The van der Waals surface area contributed by atoms with Gasteiger partial charge in [0.05, 0.1) is 0 Å². The van der Waals surface area contributed by atoms with Gasteiger partial charge in [0.1, 0.15) is 5.65 Å². The van der Waals surface area contributed by atoms with Crippen LogP contribution in [0.2, 0.25) is 0 Å². The van der Waals surface area contributed by atoms with E-state index in [-0.39, 0.29) is 24.0 Å². The maximum atomic E-state index is 4.39. The number of halogens is 1. The summed E-state index contributed by atoms with van der Waals surface area (Å²) < 4.78 is 0. The third-order valence-corrected chi connectivity index (χ3v) is 5.14. The Morgan fingerprint density at radius 2 is 2.23 bits per heavy atom. The molecule has 1 aliphatic rings. The fourth-order valence-electron chi connectivity index (χ4n) is 3.52. The number of aromatic nitrogens is 2. The number of nitrogens with zero attached hydrogens (tertiary/aromatic N) is 3. The zero-order valence-corrected chi connectivity index (χ0v) is 18.5. The zero-order chi connectivity index (χ0) is 17.8. The van der Waals surface area contributed by atoms with Gasteiger partial charge in [0.15, 0.2) is 5.96 Å². The van der Waals surface area contributed by atoms with Gasteiger partial charge in [-0.25, -0.2) is 4.98 Å². The van der Waals surface area contributed by atoms with Gasteiger partial charge in [-0.3, -0.25) is 9.89 Å². The summed E-state index contributed by atoms with van der Waals surface area (Å²) in [5.41, 5.74) is 2.24. The van der Waals surface area contributed by atoms with Crippen LogP contribution in [-0.4, -0.2) is 59.6 Å². The number of likely N-dealkylation sites (tertiary alicyclic amines) is 1. The highest BCUT2D eigenvalue weighted by Gasteiger charge is 2.31. The first-order valence-corrected chi connectivity index (χ1v) is 9.20. The lowest BCUT2D eigenvalue weighted by Gasteiger charge is -2.21. The minimum atomic E-state index is 0. The standard InChI is InChI=1S/C19H30N6.HI/c1-13(2)25-11-14(3)17(12-25)24-19(20-4)22-9-7-15-10-23-18-16(15)6-5-8-21-18;/h5-6,8,10,13-14,17H,7,9,11-12H2,1-4H3,(H,21,23)(H2,20,22,24);1H. The highest BCUT2D eigenvalue weighted by molar-refractivity contribution is 14.0. The number of nitrogens with one attached hydrogen (secondary N) is 3. The molecular formula is C19H31IN6. The van der Waals surface area contributed by atoms with Crippen LogP contribution in [0.3, 0.4) is 0 Å². The number of guanidine groups is 1. The van der Waals surface area contributed by atoms with E-state index in [1.807, 2.05) is 19.3 Å². The first-order valence-electron chi connectivity index (χ1n) is 9.20. The first-order chi connectivity index (χ1) is 12.1. The normalized spacial score (nSPS) is 21.2. The van der Waals surface area contributed by atoms with Gasteiger partial charge < -0.3 is 15.6 Å². The maximum Gasteiger partial charge on any atom is 0.191 e. The minimum Gasteiger partial charge on any atom is -0.356 e. The molecule has 3 N–H and O–H groups in total. The van der Waals surface area contributed by atoms with Crippen molar-refractivity contribution >= 4 is 41.0 Å². The van der Waals surface area contributed by atoms with Crippen molar-refractivity contribution in [1.29, 1.82) is 0 Å². The van der Waals surface area contributed by atoms with E-state index in [9.17, 15) is 0 Å². The number of pyridine rings is 1. The van der Waals surface area contributed by atoms with Crippen molar-refractivity contribution in [1.82, 2.24) is 25.5 Å². The van der Waals surface area contributed by atoms with Crippen molar-refractivity contribution < 1.29 is 0 Å². The molecule has 2 atom stereocenters. The van der Waals surface area contributed by atoms with Crippen LogP contribution in [0, 0.1) is 5.92 Å². The van der Waals surface area contributed by atoms with Crippen molar-refractivity contribution in [3.8, 4) is 0 Å². The van der Waals surface area contributed by atoms with Crippen molar-refractivity contribution in [2.24, 2.45) is 10.9 Å². The molecule has 0 spiro atoms. The molecule has 7 heteroatoms. The number of aliphatic imine (C=N–C) groups is 1. The lowest BCUT2D eigenvalue weighted by Crippen LogP contribution is -2.47. The Bertz CT molecular complexity index is 726. The van der Waals surface area contributed by atoms with E-state index in [0.717, 1.165) is 37.7 Å². The summed E-state index contributed by atoms with van der Waals surface area (Å²) in [6.07, 6.45) is 4.80. The molecule has 3 heterocycles. The molecular weight excluding hydrogens is 439 g/mol. The Kier molecular flexibility index (Phi) is 7.69. The fourth-order valence-corrected chi connectivity index (χ4v) is 3.52. The molecule has 1 fully saturated rings. The van der Waals surface area contributed by atoms with Crippen molar-refractivity contribution in [3.05, 3.63) is 30.1 Å². The molecule has 1 aliphatic heterocycles. The third-order valence-electron chi connectivity index (χ3n) is 5.14. The van der Waals surface area contributed by atoms with Crippen LogP contribution in [0.15, 0.2) is 29.5 Å². The smallest absolute Gasteiger partial charge is 0.191 e. The summed E-state index contributed by atoms with van der Waals surface area (Å²) in [7, 11) is 1.84. The van der Waals surface area contributed by atoms with Gasteiger partial charge in [-0.1, -0.05) is 6.92 Å². The predicted octanol–water partition coefficient (Wildman–Crippen LogP) is 2.62. The van der Waals surface area contributed by atoms with E-state index >= 15 is 0 Å². The van der Waals surface area contributed by atoms with Crippen LogP contribution in [0.4, 0.5) is 0 Å². The Hall–Kier alpha value is -1.35. The molecule has 2 unspecified atom stereocenters. The summed E-state index contributed by atoms with van der Waals surface area (Å²) in [4.78, 5) is 14.5. The molecule has 0 radical (unpaired) electrons. The van der Waals surface area contributed by atoms with Gasteiger partial charge in [0.2, 0.25) is 0 Å². The molecule has 26 heavy (non-hydrogen) atoms. The van der Waals surface area contributed by atoms with E-state index < -0.39 is 0 Å². The average molecular weight is 470 g/mol. The number of fused-ring (bicyclic) bond motifs is 1. The lowest BCUT2D eigenvalue weighted by molar-refractivity contribution is 0.265. The molecule has 0 aliphatic carbocycles. The number of hydrogen-bond acceptors (Lipinski definition) is 3. The van der Waals surface area contributed by atoms with Crippen LogP contribution < -0.4 is 10.6 Å². The van der Waals surface area contributed by atoms with Crippen LogP contribution >= 0.6 is 24.0 Å². The fraction of sp³-hybridized carbons (Fsp3) is 0.579. The number of aromatic amines is 1. The first kappa shape index (κ1) is 21.0. The Labute approximate surface area is 173 Å². The number of hydrogen-bond donors (Lipinski definition) is 3. The van der Waals surface area contributed by atoms with Crippen LogP contribution in [0.5, 0.6) is 0 Å². The Balaban J connectivity index is 0.00000243. The molecule has 0 saturated carbocycles. The van der Waals surface area contributed by atoms with E-state index in [4.69, 9.17) is 0 Å². The maximum absolute atomic E-state index is 4.39. The summed E-state index contributed by atoms with van der Waals surface area (Å²) >= 11 is 0. The lowest BCUT2D eigenvalue weighted by atomic mass is 10.1. The molecule has 0 amide bonds. The van der Waals surface area contributed by atoms with Gasteiger partial charge in [0, 0.05) is 56.5 Å². The summed E-state index contributed by atoms with van der Waals surface area (Å²) in [5.74, 6) is 1.51. The summed E-state index contributed by atoms with van der Waals surface area (Å²) in [6.45, 7) is 9.90. The monoisotopic (exact) mass is 470 g/mol. The summed E-state index contributed by atoms with van der Waals surface area (Å²) in [5, 5.41) is 8.24. The molecule has 2 aromatic heterocycles. The second kappa shape index (κ2) is 9.55. The van der Waals surface area contributed by atoms with Crippen LogP contribution in [0.1, 0.15) is 26.3 Å². The highest BCUT2D eigenvalue weighted by Crippen LogP contribution is 2.18. The number of H-pyrrole nitrogens is 1. The van der Waals surface area contributed by atoms with E-state index in [0.29, 0.717) is 18.0 Å². The van der Waals surface area contributed by atoms with E-state index in [1.54, 1.807) is 0 Å². The van der Waals surface area contributed by atoms with E-state index in [1.165, 1.54) is 10.9 Å². The van der Waals surface area contributed by atoms with Crippen molar-refractivity contribution in [2.45, 2.75) is 39.3 Å². The quantitative estimate of drug-likeness (QED) is 0.357. The van der Waals surface area contributed by atoms with Gasteiger partial charge in [0.25, 0.3) is 0 Å². The van der Waals surface area contributed by atoms with Crippen molar-refractivity contribution in [2.75, 3.05) is 26.7 Å². The SMILES string of the molecule is CN=C(NCCc1c[nH]c2ncccc12)NC1CN(C(C)C)CC1C.I. The molecule has 1 saturated heterocycles. The second-order valence-corrected chi connectivity index (χ2v) is 7.24. The van der Waals surface area contributed by atoms with Crippen LogP contribution in [0.25, 0.3) is 11.0 Å². The highest BCUT2D eigenvalue weighted by atomic mass is 127. The average Bonchev–Trinajstić information content (AvgIpc) is 3.18. The molecule has 0 bridgehead atoms. The summed E-state index contributed by atoms with van der Waals surface area (Å²) in [6, 6.07) is 5.14. The van der Waals surface area contributed by atoms with Crippen LogP contribution in [-0.2, 0) is 6.42 Å². The van der Waals surface area contributed by atoms with Gasteiger partial charge >= 0.3 is 0 Å². The Morgan fingerprint density at radius 1 is 1.42 bits per heavy atom. The predicted molar refractivity (Wildman–Crippen MR) is 119 cm³/mol. The van der Waals surface area contributed by atoms with Gasteiger partial charge in [-0.15, -0.1) is 24.0 Å². The second-order valence-electron chi connectivity index (χ2n) is 7.24. The number of rotatable bonds is 5. The third kappa shape index (κ3) is 4.88. The largest absolute Gasteiger partial charge is 0.356 e. The molecule has 144 valence electrons. The molecule has 3 rings (SSSR count).